The van der Waals surface area contributed by atoms with Crippen molar-refractivity contribution in [2.75, 3.05) is 13.7 Å². The lowest BCUT2D eigenvalue weighted by Crippen LogP contribution is -2.36. The molecule has 0 saturated heterocycles. The van der Waals surface area contributed by atoms with Crippen molar-refractivity contribution in [3.8, 4) is 0 Å². The number of aliphatic carboxylic acids is 1. The van der Waals surface area contributed by atoms with Crippen molar-refractivity contribution in [2.24, 2.45) is 11.8 Å². The van der Waals surface area contributed by atoms with Gasteiger partial charge < -0.3 is 19.3 Å². The van der Waals surface area contributed by atoms with E-state index in [-0.39, 0.29) is 24.5 Å². The monoisotopic (exact) mass is 339 g/mol. The van der Waals surface area contributed by atoms with Crippen LogP contribution in [0.1, 0.15) is 57.3 Å². The molecule has 3 atom stereocenters. The first kappa shape index (κ1) is 18.4. The molecule has 1 amide bonds. The van der Waals surface area contributed by atoms with Gasteiger partial charge in [0.15, 0.2) is 5.82 Å². The zero-order valence-electron chi connectivity index (χ0n) is 14.4. The largest absolute Gasteiger partial charge is 0.481 e. The Morgan fingerprint density at radius 2 is 2.12 bits per heavy atom. The highest BCUT2D eigenvalue weighted by Gasteiger charge is 2.32. The minimum atomic E-state index is -0.818. The van der Waals surface area contributed by atoms with Crippen LogP contribution in [-0.4, -0.2) is 45.7 Å². The first-order valence-corrected chi connectivity index (χ1v) is 8.34. The standard InChI is InChI=1S/C16H25N3O5/c1-4-23-10(2)14-17-13(24-18-14)9-19(3)15(20)11-6-5-7-12(8-11)16(21)22/h10-12H,4-9H2,1-3H3,(H,21,22). The number of aromatic nitrogens is 2. The normalized spacial score (nSPS) is 22.1. The minimum absolute atomic E-state index is 0.0708. The Morgan fingerprint density at radius 1 is 1.42 bits per heavy atom. The molecule has 0 aliphatic heterocycles. The van der Waals surface area contributed by atoms with E-state index in [0.29, 0.717) is 31.2 Å². The number of rotatable bonds is 7. The molecule has 1 N–H and O–H groups in total. The van der Waals surface area contributed by atoms with Crippen LogP contribution in [0.5, 0.6) is 0 Å². The van der Waals surface area contributed by atoms with Gasteiger partial charge in [0, 0.05) is 19.6 Å². The van der Waals surface area contributed by atoms with E-state index >= 15 is 0 Å². The maximum atomic E-state index is 12.5. The SMILES string of the molecule is CCOC(C)c1noc(CN(C)C(=O)C2CCCC(C(=O)O)C2)n1. The lowest BCUT2D eigenvalue weighted by Gasteiger charge is -2.28. The van der Waals surface area contributed by atoms with Crippen molar-refractivity contribution in [3.63, 3.8) is 0 Å². The van der Waals surface area contributed by atoms with Gasteiger partial charge in [-0.05, 0) is 33.1 Å². The third-order valence-corrected chi connectivity index (χ3v) is 4.39. The zero-order valence-corrected chi connectivity index (χ0v) is 14.4. The van der Waals surface area contributed by atoms with Gasteiger partial charge in [0.1, 0.15) is 6.10 Å². The molecule has 1 fully saturated rings. The molecule has 2 rings (SSSR count). The van der Waals surface area contributed by atoms with Crippen LogP contribution in [0.2, 0.25) is 0 Å². The van der Waals surface area contributed by atoms with Gasteiger partial charge in [-0.15, -0.1) is 0 Å². The van der Waals surface area contributed by atoms with Gasteiger partial charge >= 0.3 is 5.97 Å². The molecule has 8 nitrogen and oxygen atoms in total. The summed E-state index contributed by atoms with van der Waals surface area (Å²) in [6.07, 6.45) is 2.27. The molecule has 0 aromatic carbocycles. The van der Waals surface area contributed by atoms with E-state index in [1.165, 1.54) is 4.90 Å². The van der Waals surface area contributed by atoms with E-state index in [1.807, 2.05) is 13.8 Å². The molecular formula is C16H25N3O5. The van der Waals surface area contributed by atoms with Gasteiger partial charge in [-0.3, -0.25) is 9.59 Å². The molecule has 0 bridgehead atoms. The zero-order chi connectivity index (χ0) is 17.7. The average molecular weight is 339 g/mol. The maximum Gasteiger partial charge on any atom is 0.306 e. The molecule has 1 aliphatic rings. The summed E-state index contributed by atoms with van der Waals surface area (Å²) in [5.74, 6) is -0.771. The lowest BCUT2D eigenvalue weighted by molar-refractivity contribution is -0.145. The van der Waals surface area contributed by atoms with Crippen molar-refractivity contribution in [1.82, 2.24) is 15.0 Å². The Labute approximate surface area is 141 Å². The molecule has 0 spiro atoms. The number of carboxylic acid groups (broad SMARTS) is 1. The average Bonchev–Trinajstić information content (AvgIpc) is 3.03. The molecule has 24 heavy (non-hydrogen) atoms. The smallest absolute Gasteiger partial charge is 0.306 e. The number of hydrogen-bond donors (Lipinski definition) is 1. The summed E-state index contributed by atoms with van der Waals surface area (Å²) in [6, 6.07) is 0. The summed E-state index contributed by atoms with van der Waals surface area (Å²) in [4.78, 5) is 29.4. The summed E-state index contributed by atoms with van der Waals surface area (Å²) >= 11 is 0. The van der Waals surface area contributed by atoms with Gasteiger partial charge in [0.05, 0.1) is 12.5 Å². The number of nitrogens with zero attached hydrogens (tertiary/aromatic N) is 3. The second-order valence-corrected chi connectivity index (χ2v) is 6.24. The molecule has 1 heterocycles. The van der Waals surface area contributed by atoms with Crippen molar-refractivity contribution in [2.45, 2.75) is 52.2 Å². The Bertz CT molecular complexity index is 574. The Morgan fingerprint density at radius 3 is 2.79 bits per heavy atom. The number of ether oxygens (including phenoxy) is 1. The van der Waals surface area contributed by atoms with Crippen molar-refractivity contribution >= 4 is 11.9 Å². The topological polar surface area (TPSA) is 106 Å². The second kappa shape index (κ2) is 8.23. The fraction of sp³-hybridized carbons (Fsp3) is 0.750. The van der Waals surface area contributed by atoms with Crippen LogP contribution in [0.15, 0.2) is 4.52 Å². The van der Waals surface area contributed by atoms with Crippen LogP contribution in [-0.2, 0) is 20.9 Å². The lowest BCUT2D eigenvalue weighted by atomic mass is 9.81. The van der Waals surface area contributed by atoms with E-state index in [4.69, 9.17) is 14.4 Å². The van der Waals surface area contributed by atoms with Gasteiger partial charge in [0.2, 0.25) is 11.8 Å². The molecule has 8 heteroatoms. The molecule has 1 aliphatic carbocycles. The van der Waals surface area contributed by atoms with Crippen molar-refractivity contribution in [1.29, 1.82) is 0 Å². The molecule has 3 unspecified atom stereocenters. The highest BCUT2D eigenvalue weighted by Crippen LogP contribution is 2.30. The molecule has 0 radical (unpaired) electrons. The minimum Gasteiger partial charge on any atom is -0.481 e. The van der Waals surface area contributed by atoms with Crippen molar-refractivity contribution in [3.05, 3.63) is 11.7 Å². The summed E-state index contributed by atoms with van der Waals surface area (Å²) in [7, 11) is 1.67. The fourth-order valence-corrected chi connectivity index (χ4v) is 3.05. The molecule has 1 saturated carbocycles. The van der Waals surface area contributed by atoms with E-state index in [9.17, 15) is 9.59 Å². The van der Waals surface area contributed by atoms with E-state index in [1.54, 1.807) is 7.05 Å². The summed E-state index contributed by atoms with van der Waals surface area (Å²) in [5.41, 5.74) is 0. The summed E-state index contributed by atoms with van der Waals surface area (Å²) in [5, 5.41) is 13.0. The van der Waals surface area contributed by atoms with E-state index in [0.717, 1.165) is 12.8 Å². The summed E-state index contributed by atoms with van der Waals surface area (Å²) in [6.45, 7) is 4.48. The number of carbonyl (C=O) groups excluding carboxylic acids is 1. The molecule has 1 aromatic heterocycles. The number of amides is 1. The highest BCUT2D eigenvalue weighted by atomic mass is 16.5. The Hall–Kier alpha value is -1.96. The van der Waals surface area contributed by atoms with Crippen LogP contribution < -0.4 is 0 Å². The van der Waals surface area contributed by atoms with Crippen molar-refractivity contribution < 1.29 is 24.0 Å². The number of carboxylic acids is 1. The Balaban J connectivity index is 1.93. The van der Waals surface area contributed by atoms with Gasteiger partial charge in [-0.25, -0.2) is 0 Å². The Kier molecular flexibility index (Phi) is 6.30. The predicted molar refractivity (Wildman–Crippen MR) is 83.9 cm³/mol. The van der Waals surface area contributed by atoms with Gasteiger partial charge in [-0.2, -0.15) is 4.98 Å². The number of hydrogen-bond acceptors (Lipinski definition) is 6. The van der Waals surface area contributed by atoms with Crippen LogP contribution in [0.4, 0.5) is 0 Å². The molecular weight excluding hydrogens is 314 g/mol. The van der Waals surface area contributed by atoms with Crippen LogP contribution in [0.3, 0.4) is 0 Å². The second-order valence-electron chi connectivity index (χ2n) is 6.24. The highest BCUT2D eigenvalue weighted by molar-refractivity contribution is 5.80. The third-order valence-electron chi connectivity index (χ3n) is 4.39. The van der Waals surface area contributed by atoms with Crippen LogP contribution >= 0.6 is 0 Å². The fourth-order valence-electron chi connectivity index (χ4n) is 3.05. The number of carbonyl (C=O) groups is 2. The third kappa shape index (κ3) is 4.53. The first-order chi connectivity index (χ1) is 11.4. The van der Waals surface area contributed by atoms with Crippen LogP contribution in [0, 0.1) is 11.8 Å². The molecule has 134 valence electrons. The van der Waals surface area contributed by atoms with Crippen LogP contribution in [0.25, 0.3) is 0 Å². The maximum absolute atomic E-state index is 12.5. The van der Waals surface area contributed by atoms with Gasteiger partial charge in [-0.1, -0.05) is 11.6 Å². The predicted octanol–water partition coefficient (Wildman–Crippen LogP) is 2.02. The van der Waals surface area contributed by atoms with E-state index < -0.39 is 11.9 Å². The quantitative estimate of drug-likeness (QED) is 0.810. The van der Waals surface area contributed by atoms with E-state index in [2.05, 4.69) is 10.1 Å². The summed E-state index contributed by atoms with van der Waals surface area (Å²) < 4.78 is 10.6. The van der Waals surface area contributed by atoms with Gasteiger partial charge in [0.25, 0.3) is 0 Å². The molecule has 1 aromatic rings. The first-order valence-electron chi connectivity index (χ1n) is 8.34.